The van der Waals surface area contributed by atoms with Crippen molar-refractivity contribution in [3.63, 3.8) is 0 Å². The van der Waals surface area contributed by atoms with E-state index in [9.17, 15) is 9.59 Å². The van der Waals surface area contributed by atoms with Crippen LogP contribution in [0.2, 0.25) is 0 Å². The minimum Gasteiger partial charge on any atom is -0.478 e. The average molecular weight is 586 g/mol. The molecule has 0 spiro atoms. The maximum absolute atomic E-state index is 13.3. The van der Waals surface area contributed by atoms with E-state index < -0.39 is 16.4 Å². The third-order valence-electron chi connectivity index (χ3n) is 5.03. The average Bonchev–Trinajstić information content (AvgIpc) is 3.28. The van der Waals surface area contributed by atoms with Crippen molar-refractivity contribution in [3.8, 4) is 0 Å². The maximum atomic E-state index is 13.3. The normalized spacial score (nSPS) is 11.5. The molecule has 3 aromatic heterocycles. The minimum absolute atomic E-state index is 0.177. The first-order chi connectivity index (χ1) is 18.5. The van der Waals surface area contributed by atoms with Gasteiger partial charge in [-0.2, -0.15) is 13.5 Å². The second-order valence-corrected chi connectivity index (χ2v) is 10.9. The summed E-state index contributed by atoms with van der Waals surface area (Å²) < 4.78 is 34.9. The number of thiazole rings is 1. The number of para-hydroxylation sites is 1. The highest BCUT2D eigenvalue weighted by atomic mass is 32.3. The lowest BCUT2D eigenvalue weighted by Gasteiger charge is -2.08. The van der Waals surface area contributed by atoms with Crippen molar-refractivity contribution in [2.75, 3.05) is 5.43 Å². The molecular weight excluding hydrogens is 566 g/mol. The number of pyridine rings is 1. The van der Waals surface area contributed by atoms with Gasteiger partial charge in [0.15, 0.2) is 4.34 Å². The highest BCUT2D eigenvalue weighted by Crippen LogP contribution is 2.34. The molecule has 3 heterocycles. The smallest absolute Gasteiger partial charge is 0.394 e. The van der Waals surface area contributed by atoms with Crippen molar-refractivity contribution in [2.24, 2.45) is 5.10 Å². The molecule has 0 aliphatic heterocycles. The summed E-state index contributed by atoms with van der Waals surface area (Å²) in [6.07, 6.45) is 3.12. The van der Waals surface area contributed by atoms with E-state index in [2.05, 4.69) is 15.5 Å². The lowest BCUT2D eigenvalue weighted by molar-refractivity contribution is 0.0697. The molecule has 4 N–H and O–H groups in total. The monoisotopic (exact) mass is 585 g/mol. The number of nitrogens with one attached hydrogen (secondary N) is 1. The molecule has 0 saturated heterocycles. The molecule has 200 valence electrons. The standard InChI is InChI=1S/C24H17N5O3S2.H2O4S/c1-14-5-4-12-29-20(14)27-21(34-24-26-18-6-2-3-7-19(18)33-24)17(22(29)30)13-25-28-16-10-8-15(9-11-16)23(31)32;1-5(2,3)4/h2-13,28H,1H3,(H,31,32);(H2,1,2,3,4). The van der Waals surface area contributed by atoms with E-state index >= 15 is 0 Å². The van der Waals surface area contributed by atoms with Gasteiger partial charge in [0.1, 0.15) is 10.7 Å². The topological polar surface area (TPSA) is 184 Å². The van der Waals surface area contributed by atoms with Crippen LogP contribution in [0.15, 0.2) is 86.1 Å². The summed E-state index contributed by atoms with van der Waals surface area (Å²) in [7, 11) is -4.67. The zero-order valence-corrected chi connectivity index (χ0v) is 22.4. The van der Waals surface area contributed by atoms with Crippen LogP contribution in [0.3, 0.4) is 0 Å². The number of benzene rings is 2. The van der Waals surface area contributed by atoms with Gasteiger partial charge in [-0.25, -0.2) is 14.8 Å². The van der Waals surface area contributed by atoms with Gasteiger partial charge in [-0.1, -0.05) is 18.2 Å². The van der Waals surface area contributed by atoms with E-state index in [0.29, 0.717) is 21.9 Å². The van der Waals surface area contributed by atoms with Crippen LogP contribution in [0, 0.1) is 6.92 Å². The quantitative estimate of drug-likeness (QED) is 0.0966. The summed E-state index contributed by atoms with van der Waals surface area (Å²) in [6, 6.07) is 17.7. The molecule has 5 aromatic rings. The van der Waals surface area contributed by atoms with Crippen LogP contribution in [0.4, 0.5) is 5.69 Å². The number of aromatic nitrogens is 3. The van der Waals surface area contributed by atoms with Crippen molar-refractivity contribution in [3.05, 3.63) is 93.9 Å². The van der Waals surface area contributed by atoms with Crippen LogP contribution in [-0.4, -0.2) is 49.2 Å². The molecule has 0 unspecified atom stereocenters. The fraction of sp³-hybridized carbons (Fsp3) is 0.0417. The highest BCUT2D eigenvalue weighted by molar-refractivity contribution is 8.01. The Labute approximate surface area is 229 Å². The lowest BCUT2D eigenvalue weighted by Crippen LogP contribution is -2.21. The molecule has 0 saturated carbocycles. The first-order valence-electron chi connectivity index (χ1n) is 10.9. The molecule has 0 atom stereocenters. The van der Waals surface area contributed by atoms with Crippen LogP contribution < -0.4 is 11.0 Å². The van der Waals surface area contributed by atoms with E-state index in [4.69, 9.17) is 27.6 Å². The van der Waals surface area contributed by atoms with E-state index in [-0.39, 0.29) is 11.1 Å². The summed E-state index contributed by atoms with van der Waals surface area (Å²) in [4.78, 5) is 33.8. The van der Waals surface area contributed by atoms with Crippen molar-refractivity contribution in [2.45, 2.75) is 16.3 Å². The Morgan fingerprint density at radius 1 is 1.08 bits per heavy atom. The SMILES string of the molecule is Cc1cccn2c(=O)c(C=NNc3ccc(C(=O)O)cc3)c(Sc3nc4ccccc4s3)nc12.O=S(=O)(O)O. The summed E-state index contributed by atoms with van der Waals surface area (Å²) >= 11 is 2.86. The molecule has 2 aromatic carbocycles. The van der Waals surface area contributed by atoms with Gasteiger partial charge < -0.3 is 5.11 Å². The van der Waals surface area contributed by atoms with Gasteiger partial charge in [-0.3, -0.25) is 23.7 Å². The zero-order chi connectivity index (χ0) is 28.2. The number of hydrazone groups is 1. The Morgan fingerprint density at radius 3 is 2.44 bits per heavy atom. The van der Waals surface area contributed by atoms with Gasteiger partial charge in [0.25, 0.3) is 5.56 Å². The second-order valence-electron chi connectivity index (χ2n) is 7.77. The van der Waals surface area contributed by atoms with Crippen LogP contribution in [0.5, 0.6) is 0 Å². The van der Waals surface area contributed by atoms with E-state index in [1.165, 1.54) is 45.8 Å². The number of rotatable bonds is 6. The Kier molecular flexibility index (Phi) is 8.37. The number of carboxylic acid groups (broad SMARTS) is 1. The number of hydrogen-bond donors (Lipinski definition) is 4. The van der Waals surface area contributed by atoms with E-state index in [1.807, 2.05) is 37.3 Å². The van der Waals surface area contributed by atoms with Crippen molar-refractivity contribution < 1.29 is 27.4 Å². The van der Waals surface area contributed by atoms with Crippen molar-refractivity contribution >= 4 is 67.2 Å². The van der Waals surface area contributed by atoms with Gasteiger partial charge in [-0.05, 0) is 66.7 Å². The number of nitrogens with zero attached hydrogens (tertiary/aromatic N) is 4. The third-order valence-corrected chi connectivity index (χ3v) is 7.13. The van der Waals surface area contributed by atoms with Crippen LogP contribution in [0.1, 0.15) is 21.5 Å². The maximum Gasteiger partial charge on any atom is 0.394 e. The third kappa shape index (κ3) is 7.24. The Balaban J connectivity index is 0.000000648. The first kappa shape index (κ1) is 27.9. The number of carbonyl (C=O) groups is 1. The number of fused-ring (bicyclic) bond motifs is 2. The van der Waals surface area contributed by atoms with E-state index in [1.54, 1.807) is 24.4 Å². The molecule has 0 amide bonds. The van der Waals surface area contributed by atoms with Crippen LogP contribution in [-0.2, 0) is 10.4 Å². The first-order valence-corrected chi connectivity index (χ1v) is 13.9. The van der Waals surface area contributed by atoms with Crippen LogP contribution >= 0.6 is 23.1 Å². The summed E-state index contributed by atoms with van der Waals surface area (Å²) in [5.41, 5.74) is 6.03. The van der Waals surface area contributed by atoms with E-state index in [0.717, 1.165) is 20.1 Å². The number of hydrogen-bond acceptors (Lipinski definition) is 10. The van der Waals surface area contributed by atoms with Crippen molar-refractivity contribution in [1.82, 2.24) is 14.4 Å². The number of carboxylic acids is 1. The molecular formula is C24H19N5O7S3. The molecule has 0 aliphatic rings. The Hall–Kier alpha value is -4.15. The zero-order valence-electron chi connectivity index (χ0n) is 19.9. The van der Waals surface area contributed by atoms with Gasteiger partial charge in [0, 0.05) is 6.20 Å². The van der Waals surface area contributed by atoms with Crippen LogP contribution in [0.25, 0.3) is 15.9 Å². The molecule has 0 bridgehead atoms. The largest absolute Gasteiger partial charge is 0.478 e. The number of aryl methyl sites for hydroxylation is 1. The molecule has 5 rings (SSSR count). The second kappa shape index (κ2) is 11.7. The minimum atomic E-state index is -4.67. The number of aromatic carboxylic acids is 1. The predicted molar refractivity (Wildman–Crippen MR) is 149 cm³/mol. The number of anilines is 1. The van der Waals surface area contributed by atoms with Gasteiger partial charge in [-0.15, -0.1) is 11.3 Å². The lowest BCUT2D eigenvalue weighted by atomic mass is 10.2. The molecule has 0 radical (unpaired) electrons. The summed E-state index contributed by atoms with van der Waals surface area (Å²) in [6.45, 7) is 1.91. The Bertz CT molecular complexity index is 1830. The highest BCUT2D eigenvalue weighted by Gasteiger charge is 2.16. The molecule has 15 heteroatoms. The summed E-state index contributed by atoms with van der Waals surface area (Å²) in [5.74, 6) is -1.00. The molecule has 0 fully saturated rings. The molecule has 12 nitrogen and oxygen atoms in total. The molecule has 39 heavy (non-hydrogen) atoms. The fourth-order valence-electron chi connectivity index (χ4n) is 3.32. The van der Waals surface area contributed by atoms with Crippen molar-refractivity contribution in [1.29, 1.82) is 0 Å². The predicted octanol–water partition coefficient (Wildman–Crippen LogP) is 4.26. The fourth-order valence-corrected chi connectivity index (χ4v) is 5.38. The Morgan fingerprint density at radius 2 is 1.77 bits per heavy atom. The summed E-state index contributed by atoms with van der Waals surface area (Å²) in [5, 5.41) is 13.8. The van der Waals surface area contributed by atoms with Gasteiger partial charge in [0.05, 0.1) is 33.2 Å². The molecule has 0 aliphatic carbocycles. The van der Waals surface area contributed by atoms with Gasteiger partial charge in [0.2, 0.25) is 0 Å². The van der Waals surface area contributed by atoms with Gasteiger partial charge >= 0.3 is 16.4 Å².